The molecule has 0 fully saturated rings. The van der Waals surface area contributed by atoms with Crippen molar-refractivity contribution in [2.45, 2.75) is 20.8 Å². The molecule has 0 saturated heterocycles. The lowest BCUT2D eigenvalue weighted by atomic mass is 10.1. The molecule has 0 radical (unpaired) electrons. The molecule has 0 unspecified atom stereocenters. The maximum atomic E-state index is 12.7. The van der Waals surface area contributed by atoms with Gasteiger partial charge in [-0.1, -0.05) is 12.1 Å². The van der Waals surface area contributed by atoms with Crippen LogP contribution in [0, 0.1) is 13.8 Å². The standard InChI is InChI=1S/C24H21BrN2O3/c1-4-29-21-9-8-16(13-19(21)25)23(28)26-18-7-5-6-17(12-18)24-27-20-11-14(2)10-15(3)22(20)30-24/h5-13H,4H2,1-3H3,(H,26,28). The van der Waals surface area contributed by atoms with Crippen LogP contribution in [-0.2, 0) is 0 Å². The fourth-order valence-corrected chi connectivity index (χ4v) is 3.84. The third kappa shape index (κ3) is 4.09. The molecular weight excluding hydrogens is 444 g/mol. The molecular formula is C24H21BrN2O3. The van der Waals surface area contributed by atoms with Gasteiger partial charge in [0.2, 0.25) is 5.89 Å². The number of rotatable bonds is 5. The second-order valence-corrected chi connectivity index (χ2v) is 7.92. The van der Waals surface area contributed by atoms with Gasteiger partial charge in [-0.15, -0.1) is 0 Å². The number of halogens is 1. The van der Waals surface area contributed by atoms with E-state index >= 15 is 0 Å². The Morgan fingerprint density at radius 1 is 1.13 bits per heavy atom. The Labute approximate surface area is 183 Å². The molecule has 0 spiro atoms. The first-order valence-electron chi connectivity index (χ1n) is 9.66. The average Bonchev–Trinajstić information content (AvgIpc) is 3.14. The number of aromatic nitrogens is 1. The zero-order valence-corrected chi connectivity index (χ0v) is 18.5. The summed E-state index contributed by atoms with van der Waals surface area (Å²) in [5.74, 6) is 1.02. The van der Waals surface area contributed by atoms with E-state index in [1.807, 2.05) is 51.1 Å². The number of hydrogen-bond donors (Lipinski definition) is 1. The van der Waals surface area contributed by atoms with E-state index in [1.165, 1.54) is 0 Å². The van der Waals surface area contributed by atoms with E-state index in [4.69, 9.17) is 9.15 Å². The Morgan fingerprint density at radius 3 is 2.73 bits per heavy atom. The highest BCUT2D eigenvalue weighted by Gasteiger charge is 2.13. The van der Waals surface area contributed by atoms with Crippen LogP contribution in [0.3, 0.4) is 0 Å². The zero-order chi connectivity index (χ0) is 21.3. The highest BCUT2D eigenvalue weighted by atomic mass is 79.9. The number of carbonyl (C=O) groups excluding carboxylic acids is 1. The van der Waals surface area contributed by atoms with Crippen molar-refractivity contribution in [2.75, 3.05) is 11.9 Å². The molecule has 5 nitrogen and oxygen atoms in total. The molecule has 4 aromatic rings. The van der Waals surface area contributed by atoms with Gasteiger partial charge < -0.3 is 14.5 Å². The summed E-state index contributed by atoms with van der Waals surface area (Å²) in [6.45, 7) is 6.53. The van der Waals surface area contributed by atoms with Crippen molar-refractivity contribution < 1.29 is 13.9 Å². The SMILES string of the molecule is CCOc1ccc(C(=O)Nc2cccc(-c3nc4cc(C)cc(C)c4o3)c2)cc1Br. The Balaban J connectivity index is 1.59. The molecule has 152 valence electrons. The molecule has 0 aliphatic heterocycles. The van der Waals surface area contributed by atoms with Crippen molar-refractivity contribution in [1.82, 2.24) is 4.98 Å². The smallest absolute Gasteiger partial charge is 0.255 e. The van der Waals surface area contributed by atoms with E-state index < -0.39 is 0 Å². The van der Waals surface area contributed by atoms with Gasteiger partial charge in [-0.05, 0) is 90.3 Å². The summed E-state index contributed by atoms with van der Waals surface area (Å²) in [5.41, 5.74) is 5.80. The first kappa shape index (κ1) is 20.2. The number of oxazole rings is 1. The van der Waals surface area contributed by atoms with Gasteiger partial charge in [0.25, 0.3) is 5.91 Å². The van der Waals surface area contributed by atoms with E-state index in [0.29, 0.717) is 29.5 Å². The molecule has 0 atom stereocenters. The quantitative estimate of drug-likeness (QED) is 0.364. The van der Waals surface area contributed by atoms with Crippen LogP contribution in [0.1, 0.15) is 28.4 Å². The second-order valence-electron chi connectivity index (χ2n) is 7.06. The number of nitrogens with zero attached hydrogens (tertiary/aromatic N) is 1. The van der Waals surface area contributed by atoms with E-state index in [1.54, 1.807) is 18.2 Å². The lowest BCUT2D eigenvalue weighted by molar-refractivity contribution is 0.102. The summed E-state index contributed by atoms with van der Waals surface area (Å²) >= 11 is 3.45. The first-order valence-corrected chi connectivity index (χ1v) is 10.5. The number of hydrogen-bond acceptors (Lipinski definition) is 4. The summed E-state index contributed by atoms with van der Waals surface area (Å²) in [5, 5.41) is 2.93. The van der Waals surface area contributed by atoms with Crippen molar-refractivity contribution >= 4 is 38.6 Å². The number of aryl methyl sites for hydroxylation is 2. The largest absolute Gasteiger partial charge is 0.493 e. The van der Waals surface area contributed by atoms with E-state index in [9.17, 15) is 4.79 Å². The average molecular weight is 465 g/mol. The van der Waals surface area contributed by atoms with Crippen molar-refractivity contribution in [2.24, 2.45) is 0 Å². The summed E-state index contributed by atoms with van der Waals surface area (Å²) < 4.78 is 12.2. The van der Waals surface area contributed by atoms with Crippen LogP contribution in [0.5, 0.6) is 5.75 Å². The van der Waals surface area contributed by atoms with Gasteiger partial charge in [0, 0.05) is 16.8 Å². The predicted octanol–water partition coefficient (Wildman–Crippen LogP) is 6.53. The molecule has 3 aromatic carbocycles. The van der Waals surface area contributed by atoms with Gasteiger partial charge >= 0.3 is 0 Å². The minimum absolute atomic E-state index is 0.208. The molecule has 0 saturated carbocycles. The minimum atomic E-state index is -0.208. The number of amides is 1. The van der Waals surface area contributed by atoms with Crippen molar-refractivity contribution in [3.63, 3.8) is 0 Å². The molecule has 0 aliphatic rings. The maximum Gasteiger partial charge on any atom is 0.255 e. The fourth-order valence-electron chi connectivity index (χ4n) is 3.35. The van der Waals surface area contributed by atoms with E-state index in [2.05, 4.69) is 32.3 Å². The predicted molar refractivity (Wildman–Crippen MR) is 122 cm³/mol. The van der Waals surface area contributed by atoms with Gasteiger partial charge in [0.05, 0.1) is 11.1 Å². The number of anilines is 1. The van der Waals surface area contributed by atoms with E-state index in [-0.39, 0.29) is 5.91 Å². The fraction of sp³-hybridized carbons (Fsp3) is 0.167. The summed E-state index contributed by atoms with van der Waals surface area (Å²) in [7, 11) is 0. The number of carbonyl (C=O) groups is 1. The second kappa shape index (κ2) is 8.32. The monoisotopic (exact) mass is 464 g/mol. The van der Waals surface area contributed by atoms with Gasteiger partial charge in [-0.2, -0.15) is 0 Å². The number of nitrogens with one attached hydrogen (secondary N) is 1. The van der Waals surface area contributed by atoms with Crippen LogP contribution in [-0.4, -0.2) is 17.5 Å². The summed E-state index contributed by atoms with van der Waals surface area (Å²) in [6, 6.07) is 16.8. The molecule has 1 N–H and O–H groups in total. The molecule has 1 heterocycles. The normalized spacial score (nSPS) is 10.9. The Kier molecular flexibility index (Phi) is 5.59. The number of fused-ring (bicyclic) bond motifs is 1. The van der Waals surface area contributed by atoms with Crippen molar-refractivity contribution in [3.8, 4) is 17.2 Å². The lowest BCUT2D eigenvalue weighted by Crippen LogP contribution is -2.12. The molecule has 6 heteroatoms. The Bertz CT molecular complexity index is 1250. The zero-order valence-electron chi connectivity index (χ0n) is 17.0. The molecule has 1 aromatic heterocycles. The van der Waals surface area contributed by atoms with Crippen LogP contribution in [0.4, 0.5) is 5.69 Å². The van der Waals surface area contributed by atoms with Gasteiger partial charge in [0.1, 0.15) is 11.3 Å². The molecule has 30 heavy (non-hydrogen) atoms. The van der Waals surface area contributed by atoms with Crippen LogP contribution < -0.4 is 10.1 Å². The van der Waals surface area contributed by atoms with Crippen LogP contribution >= 0.6 is 15.9 Å². The third-order valence-electron chi connectivity index (χ3n) is 4.68. The highest BCUT2D eigenvalue weighted by molar-refractivity contribution is 9.10. The Hall–Kier alpha value is -3.12. The molecule has 1 amide bonds. The third-order valence-corrected chi connectivity index (χ3v) is 5.30. The van der Waals surface area contributed by atoms with Crippen LogP contribution in [0.2, 0.25) is 0 Å². The molecule has 4 rings (SSSR count). The van der Waals surface area contributed by atoms with Crippen molar-refractivity contribution in [1.29, 1.82) is 0 Å². The minimum Gasteiger partial charge on any atom is -0.493 e. The summed E-state index contributed by atoms with van der Waals surface area (Å²) in [6.07, 6.45) is 0. The Morgan fingerprint density at radius 2 is 1.97 bits per heavy atom. The number of benzene rings is 3. The van der Waals surface area contributed by atoms with Crippen LogP contribution in [0.25, 0.3) is 22.6 Å². The van der Waals surface area contributed by atoms with Gasteiger partial charge in [-0.25, -0.2) is 4.98 Å². The van der Waals surface area contributed by atoms with Gasteiger partial charge in [-0.3, -0.25) is 4.79 Å². The first-order chi connectivity index (χ1) is 14.4. The van der Waals surface area contributed by atoms with Crippen LogP contribution in [0.15, 0.2) is 63.5 Å². The van der Waals surface area contributed by atoms with Gasteiger partial charge in [0.15, 0.2) is 5.58 Å². The molecule has 0 aliphatic carbocycles. The number of ether oxygens (including phenoxy) is 1. The maximum absolute atomic E-state index is 12.7. The topological polar surface area (TPSA) is 64.4 Å². The van der Waals surface area contributed by atoms with Crippen molar-refractivity contribution in [3.05, 3.63) is 75.8 Å². The van der Waals surface area contributed by atoms with E-state index in [0.717, 1.165) is 32.3 Å². The highest BCUT2D eigenvalue weighted by Crippen LogP contribution is 2.29. The lowest BCUT2D eigenvalue weighted by Gasteiger charge is -2.09. The molecule has 0 bridgehead atoms. The summed E-state index contributed by atoms with van der Waals surface area (Å²) in [4.78, 5) is 17.3.